The SMILES string of the molecule is COC(=O)C(C)(O)COc1ccc(C#N)c(F)c1. The molecule has 6 heteroatoms. The number of methoxy groups -OCH3 is 1. The van der Waals surface area contributed by atoms with Crippen LogP contribution in [-0.4, -0.2) is 30.4 Å². The van der Waals surface area contributed by atoms with Gasteiger partial charge in [0.1, 0.15) is 24.2 Å². The lowest BCUT2D eigenvalue weighted by atomic mass is 10.1. The Morgan fingerprint density at radius 1 is 1.61 bits per heavy atom. The molecule has 1 unspecified atom stereocenters. The summed E-state index contributed by atoms with van der Waals surface area (Å²) in [6.07, 6.45) is 0. The van der Waals surface area contributed by atoms with Crippen LogP contribution in [0, 0.1) is 17.1 Å². The van der Waals surface area contributed by atoms with E-state index in [-0.39, 0.29) is 17.9 Å². The van der Waals surface area contributed by atoms with Gasteiger partial charge in [0.05, 0.1) is 12.7 Å². The van der Waals surface area contributed by atoms with Crippen LogP contribution in [0.15, 0.2) is 18.2 Å². The van der Waals surface area contributed by atoms with Crippen molar-refractivity contribution < 1.29 is 23.8 Å². The maximum absolute atomic E-state index is 13.2. The Labute approximate surface area is 103 Å². The largest absolute Gasteiger partial charge is 0.490 e. The molecule has 1 aromatic carbocycles. The van der Waals surface area contributed by atoms with E-state index >= 15 is 0 Å². The van der Waals surface area contributed by atoms with Crippen LogP contribution in [0.25, 0.3) is 0 Å². The summed E-state index contributed by atoms with van der Waals surface area (Å²) in [4.78, 5) is 11.2. The van der Waals surface area contributed by atoms with E-state index in [4.69, 9.17) is 10.00 Å². The van der Waals surface area contributed by atoms with Crippen LogP contribution in [0.1, 0.15) is 12.5 Å². The first kappa shape index (κ1) is 13.9. The molecule has 96 valence electrons. The number of carbonyl (C=O) groups is 1. The summed E-state index contributed by atoms with van der Waals surface area (Å²) in [5, 5.41) is 18.2. The highest BCUT2D eigenvalue weighted by molar-refractivity contribution is 5.78. The van der Waals surface area contributed by atoms with Gasteiger partial charge in [0.15, 0.2) is 5.60 Å². The molecule has 0 radical (unpaired) electrons. The second kappa shape index (κ2) is 5.47. The molecule has 0 saturated carbocycles. The first-order chi connectivity index (χ1) is 8.40. The van der Waals surface area contributed by atoms with Crippen molar-refractivity contribution in [1.82, 2.24) is 0 Å². The molecule has 0 aromatic heterocycles. The number of benzene rings is 1. The summed E-state index contributed by atoms with van der Waals surface area (Å²) in [5.41, 5.74) is -1.93. The average Bonchev–Trinajstić information content (AvgIpc) is 2.35. The Bertz CT molecular complexity index is 493. The maximum atomic E-state index is 13.2. The molecule has 0 amide bonds. The average molecular weight is 253 g/mol. The van der Waals surface area contributed by atoms with Crippen molar-refractivity contribution in [2.75, 3.05) is 13.7 Å². The molecule has 0 aliphatic carbocycles. The van der Waals surface area contributed by atoms with Crippen LogP contribution in [0.4, 0.5) is 4.39 Å². The van der Waals surface area contributed by atoms with Gasteiger partial charge in [0.2, 0.25) is 0 Å². The highest BCUT2D eigenvalue weighted by Crippen LogP contribution is 2.18. The minimum atomic E-state index is -1.82. The minimum absolute atomic E-state index is 0.107. The van der Waals surface area contributed by atoms with Crippen LogP contribution in [0.3, 0.4) is 0 Å². The molecule has 0 heterocycles. The molecule has 0 spiro atoms. The van der Waals surface area contributed by atoms with Gasteiger partial charge in [-0.05, 0) is 19.1 Å². The number of hydrogen-bond acceptors (Lipinski definition) is 5. The summed E-state index contributed by atoms with van der Waals surface area (Å²) < 4.78 is 22.7. The zero-order valence-corrected chi connectivity index (χ0v) is 9.94. The van der Waals surface area contributed by atoms with Crippen LogP contribution >= 0.6 is 0 Å². The zero-order chi connectivity index (χ0) is 13.8. The molecule has 1 N–H and O–H groups in total. The van der Waals surface area contributed by atoms with Gasteiger partial charge in [-0.1, -0.05) is 0 Å². The smallest absolute Gasteiger partial charge is 0.341 e. The van der Waals surface area contributed by atoms with Crippen molar-refractivity contribution in [1.29, 1.82) is 5.26 Å². The van der Waals surface area contributed by atoms with Crippen molar-refractivity contribution >= 4 is 5.97 Å². The molecular weight excluding hydrogens is 241 g/mol. The van der Waals surface area contributed by atoms with Gasteiger partial charge in [0.25, 0.3) is 0 Å². The molecule has 0 bridgehead atoms. The van der Waals surface area contributed by atoms with E-state index in [9.17, 15) is 14.3 Å². The predicted octanol–water partition coefficient (Wildman–Crippen LogP) is 1.00. The summed E-state index contributed by atoms with van der Waals surface area (Å²) in [6, 6.07) is 5.29. The number of ether oxygens (including phenoxy) is 2. The summed E-state index contributed by atoms with van der Waals surface area (Å²) >= 11 is 0. The Hall–Kier alpha value is -2.13. The number of nitrogens with zero attached hydrogens (tertiary/aromatic N) is 1. The molecule has 1 rings (SSSR count). The molecule has 5 nitrogen and oxygen atoms in total. The third-order valence-electron chi connectivity index (χ3n) is 2.21. The lowest BCUT2D eigenvalue weighted by Gasteiger charge is -2.20. The first-order valence-corrected chi connectivity index (χ1v) is 5.04. The second-order valence-electron chi connectivity index (χ2n) is 3.81. The highest BCUT2D eigenvalue weighted by atomic mass is 19.1. The molecule has 0 aliphatic heterocycles. The van der Waals surface area contributed by atoms with E-state index in [0.29, 0.717) is 0 Å². The second-order valence-corrected chi connectivity index (χ2v) is 3.81. The van der Waals surface area contributed by atoms with Gasteiger partial charge >= 0.3 is 5.97 Å². The number of aliphatic hydroxyl groups is 1. The number of esters is 1. The third-order valence-corrected chi connectivity index (χ3v) is 2.21. The van der Waals surface area contributed by atoms with Gasteiger partial charge in [-0.3, -0.25) is 0 Å². The molecule has 0 aliphatic rings. The van der Waals surface area contributed by atoms with Gasteiger partial charge < -0.3 is 14.6 Å². The minimum Gasteiger partial charge on any atom is -0.490 e. The van der Waals surface area contributed by atoms with Gasteiger partial charge in [-0.2, -0.15) is 5.26 Å². The van der Waals surface area contributed by atoms with Crippen LogP contribution < -0.4 is 4.74 Å². The van der Waals surface area contributed by atoms with Crippen molar-refractivity contribution in [2.45, 2.75) is 12.5 Å². The van der Waals surface area contributed by atoms with Crippen molar-refractivity contribution in [3.63, 3.8) is 0 Å². The first-order valence-electron chi connectivity index (χ1n) is 5.04. The van der Waals surface area contributed by atoms with Crippen molar-refractivity contribution in [2.24, 2.45) is 0 Å². The Morgan fingerprint density at radius 2 is 2.28 bits per heavy atom. The Kier molecular flexibility index (Phi) is 4.23. The summed E-state index contributed by atoms with van der Waals surface area (Å²) in [6.45, 7) is 0.837. The predicted molar refractivity (Wildman–Crippen MR) is 59.2 cm³/mol. The fourth-order valence-corrected chi connectivity index (χ4v) is 1.18. The molecule has 0 saturated heterocycles. The van der Waals surface area contributed by atoms with Gasteiger partial charge in [0, 0.05) is 6.07 Å². The fourth-order valence-electron chi connectivity index (χ4n) is 1.18. The Balaban J connectivity index is 2.73. The van der Waals surface area contributed by atoms with E-state index in [2.05, 4.69) is 4.74 Å². The van der Waals surface area contributed by atoms with Gasteiger partial charge in [-0.15, -0.1) is 0 Å². The molecule has 1 aromatic rings. The molecule has 18 heavy (non-hydrogen) atoms. The van der Waals surface area contributed by atoms with E-state index in [1.807, 2.05) is 0 Å². The van der Waals surface area contributed by atoms with E-state index in [1.54, 1.807) is 6.07 Å². The molecule has 1 atom stereocenters. The zero-order valence-electron chi connectivity index (χ0n) is 9.94. The quantitative estimate of drug-likeness (QED) is 0.810. The van der Waals surface area contributed by atoms with Crippen LogP contribution in [0.2, 0.25) is 0 Å². The van der Waals surface area contributed by atoms with Crippen molar-refractivity contribution in [3.8, 4) is 11.8 Å². The summed E-state index contributed by atoms with van der Waals surface area (Å²) in [7, 11) is 1.14. The number of carbonyl (C=O) groups excluding carboxylic acids is 1. The topological polar surface area (TPSA) is 79.6 Å². The standard InChI is InChI=1S/C12H12FNO4/c1-12(16,11(15)17-2)7-18-9-4-3-8(6-14)10(13)5-9/h3-5,16H,7H2,1-2H3. The lowest BCUT2D eigenvalue weighted by molar-refractivity contribution is -0.163. The number of nitriles is 1. The van der Waals surface area contributed by atoms with E-state index < -0.39 is 17.4 Å². The highest BCUT2D eigenvalue weighted by Gasteiger charge is 2.32. The van der Waals surface area contributed by atoms with Crippen LogP contribution in [-0.2, 0) is 9.53 Å². The molecule has 0 fully saturated rings. The number of halogens is 1. The summed E-state index contributed by atoms with van der Waals surface area (Å²) in [5.74, 6) is -1.47. The van der Waals surface area contributed by atoms with Crippen LogP contribution in [0.5, 0.6) is 5.75 Å². The molecular formula is C12H12FNO4. The third kappa shape index (κ3) is 3.18. The normalized spacial score (nSPS) is 13.3. The maximum Gasteiger partial charge on any atom is 0.341 e. The fraction of sp³-hybridized carbons (Fsp3) is 0.333. The monoisotopic (exact) mass is 253 g/mol. The van der Waals surface area contributed by atoms with E-state index in [1.165, 1.54) is 19.1 Å². The van der Waals surface area contributed by atoms with E-state index in [0.717, 1.165) is 13.2 Å². The van der Waals surface area contributed by atoms with Gasteiger partial charge in [-0.25, -0.2) is 9.18 Å². The lowest BCUT2D eigenvalue weighted by Crippen LogP contribution is -2.42. The number of hydrogen-bond donors (Lipinski definition) is 1. The number of rotatable bonds is 4. The Morgan fingerprint density at radius 3 is 2.78 bits per heavy atom. The van der Waals surface area contributed by atoms with Crippen molar-refractivity contribution in [3.05, 3.63) is 29.6 Å².